The highest BCUT2D eigenvalue weighted by Crippen LogP contribution is 2.48. The Bertz CT molecular complexity index is 645. The van der Waals surface area contributed by atoms with Gasteiger partial charge in [-0.15, -0.1) is 0 Å². The van der Waals surface area contributed by atoms with Crippen molar-refractivity contribution < 1.29 is 25.5 Å². The van der Waals surface area contributed by atoms with E-state index in [9.17, 15) is 25.5 Å². The van der Waals surface area contributed by atoms with Crippen LogP contribution in [-0.2, 0) is 5.41 Å². The predicted octanol–water partition coefficient (Wildman–Crippen LogP) is 2.85. The number of aromatic hydroxyl groups is 5. The average Bonchev–Trinajstić information content (AvgIpc) is 2.41. The van der Waals surface area contributed by atoms with Gasteiger partial charge in [0.25, 0.3) is 0 Å². The maximum Gasteiger partial charge on any atom is 0.200 e. The number of aryl methyl sites for hydroxylation is 1. The third-order valence-corrected chi connectivity index (χ3v) is 3.83. The minimum absolute atomic E-state index is 0.219. The summed E-state index contributed by atoms with van der Waals surface area (Å²) in [5, 5.41) is 49.1. The summed E-state index contributed by atoms with van der Waals surface area (Å²) in [7, 11) is 0. The van der Waals surface area contributed by atoms with Gasteiger partial charge in [-0.2, -0.15) is 0 Å². The van der Waals surface area contributed by atoms with Crippen molar-refractivity contribution in [3.8, 4) is 28.7 Å². The Labute approximate surface area is 122 Å². The van der Waals surface area contributed by atoms with Gasteiger partial charge >= 0.3 is 0 Å². The van der Waals surface area contributed by atoms with Crippen molar-refractivity contribution >= 4 is 0 Å². The Hall–Kier alpha value is -2.56. The van der Waals surface area contributed by atoms with Crippen LogP contribution in [0.25, 0.3) is 0 Å². The lowest BCUT2D eigenvalue weighted by Gasteiger charge is -2.28. The fourth-order valence-corrected chi connectivity index (χ4v) is 2.40. The number of rotatable bonds is 2. The van der Waals surface area contributed by atoms with E-state index in [1.54, 1.807) is 32.9 Å². The second-order valence-electron chi connectivity index (χ2n) is 5.58. The van der Waals surface area contributed by atoms with E-state index in [1.165, 1.54) is 12.1 Å². The molecule has 0 aliphatic carbocycles. The molecule has 0 spiro atoms. The van der Waals surface area contributed by atoms with Crippen molar-refractivity contribution in [3.63, 3.8) is 0 Å². The number of hydrogen-bond acceptors (Lipinski definition) is 5. The summed E-state index contributed by atoms with van der Waals surface area (Å²) in [6.07, 6.45) is 0. The molecule has 2 aromatic carbocycles. The second kappa shape index (κ2) is 4.77. The van der Waals surface area contributed by atoms with E-state index < -0.39 is 22.7 Å². The van der Waals surface area contributed by atoms with Gasteiger partial charge in [-0.05, 0) is 18.6 Å². The van der Waals surface area contributed by atoms with Crippen LogP contribution in [0.15, 0.2) is 24.3 Å². The van der Waals surface area contributed by atoms with Crippen molar-refractivity contribution in [1.82, 2.24) is 0 Å². The zero-order chi connectivity index (χ0) is 15.9. The molecule has 0 amide bonds. The van der Waals surface area contributed by atoms with Gasteiger partial charge in [-0.25, -0.2) is 0 Å². The Balaban J connectivity index is 2.68. The molecule has 21 heavy (non-hydrogen) atoms. The Morgan fingerprint density at radius 2 is 1.14 bits per heavy atom. The maximum absolute atomic E-state index is 10.1. The van der Waals surface area contributed by atoms with Crippen LogP contribution >= 0.6 is 0 Å². The van der Waals surface area contributed by atoms with Crippen LogP contribution in [0.5, 0.6) is 28.7 Å². The fourth-order valence-electron chi connectivity index (χ4n) is 2.40. The van der Waals surface area contributed by atoms with Gasteiger partial charge in [-0.1, -0.05) is 32.0 Å². The topological polar surface area (TPSA) is 101 Å². The van der Waals surface area contributed by atoms with Crippen molar-refractivity contribution in [1.29, 1.82) is 0 Å². The van der Waals surface area contributed by atoms with E-state index in [4.69, 9.17) is 0 Å². The summed E-state index contributed by atoms with van der Waals surface area (Å²) < 4.78 is 0. The lowest BCUT2D eigenvalue weighted by atomic mass is 9.76. The van der Waals surface area contributed by atoms with Gasteiger partial charge < -0.3 is 25.5 Å². The largest absolute Gasteiger partial charge is 0.504 e. The lowest BCUT2D eigenvalue weighted by Crippen LogP contribution is -2.19. The van der Waals surface area contributed by atoms with Gasteiger partial charge in [0.1, 0.15) is 0 Å². The smallest absolute Gasteiger partial charge is 0.200 e. The van der Waals surface area contributed by atoms with Gasteiger partial charge in [0.05, 0.1) is 0 Å². The van der Waals surface area contributed by atoms with Gasteiger partial charge in [0.2, 0.25) is 5.75 Å². The lowest BCUT2D eigenvalue weighted by molar-refractivity contribution is 0.358. The minimum atomic E-state index is -0.898. The SMILES string of the molecule is Cc1ccc(C(C)(C)c2ccc(O)c(O)c2O)c(O)c1O. The quantitative estimate of drug-likeness (QED) is 0.547. The molecule has 0 aliphatic rings. The minimum Gasteiger partial charge on any atom is -0.504 e. The van der Waals surface area contributed by atoms with E-state index in [1.807, 2.05) is 0 Å². The van der Waals surface area contributed by atoms with Crippen LogP contribution in [0.2, 0.25) is 0 Å². The number of phenolic OH excluding ortho intramolecular Hbond substituents is 5. The molecule has 112 valence electrons. The first-order chi connectivity index (χ1) is 9.67. The predicted molar refractivity (Wildman–Crippen MR) is 78.1 cm³/mol. The maximum atomic E-state index is 10.1. The van der Waals surface area contributed by atoms with Crippen molar-refractivity contribution in [2.24, 2.45) is 0 Å². The molecule has 0 radical (unpaired) electrons. The highest BCUT2D eigenvalue weighted by Gasteiger charge is 2.32. The number of hydrogen-bond donors (Lipinski definition) is 5. The molecule has 2 rings (SSSR count). The molecular formula is C16H18O5. The zero-order valence-corrected chi connectivity index (χ0v) is 12.0. The van der Waals surface area contributed by atoms with E-state index in [2.05, 4.69) is 0 Å². The van der Waals surface area contributed by atoms with Crippen molar-refractivity contribution in [2.75, 3.05) is 0 Å². The van der Waals surface area contributed by atoms with Crippen LogP contribution in [0.1, 0.15) is 30.5 Å². The summed E-state index contributed by atoms with van der Waals surface area (Å²) in [6, 6.07) is 6.02. The van der Waals surface area contributed by atoms with Gasteiger partial charge in [0, 0.05) is 16.5 Å². The molecule has 0 bridgehead atoms. The van der Waals surface area contributed by atoms with Crippen LogP contribution in [0.3, 0.4) is 0 Å². The number of phenols is 5. The first-order valence-corrected chi connectivity index (χ1v) is 6.44. The van der Waals surface area contributed by atoms with E-state index >= 15 is 0 Å². The summed E-state index contributed by atoms with van der Waals surface area (Å²) in [6.45, 7) is 5.11. The Morgan fingerprint density at radius 1 is 0.667 bits per heavy atom. The Kier molecular flexibility index (Phi) is 3.37. The van der Waals surface area contributed by atoms with E-state index in [0.717, 1.165) is 0 Å². The van der Waals surface area contributed by atoms with Crippen LogP contribution < -0.4 is 0 Å². The molecule has 0 atom stereocenters. The fraction of sp³-hybridized carbons (Fsp3) is 0.250. The summed E-state index contributed by atoms with van der Waals surface area (Å²) in [5.41, 5.74) is 0.344. The molecule has 0 aliphatic heterocycles. The molecule has 5 heteroatoms. The van der Waals surface area contributed by atoms with Crippen LogP contribution in [0.4, 0.5) is 0 Å². The standard InChI is InChI=1S/C16H18O5/c1-8-4-5-9(13(19)12(8)18)16(2,3)10-6-7-11(17)15(21)14(10)20/h4-7,17-21H,1-3H3. The number of benzene rings is 2. The van der Waals surface area contributed by atoms with Crippen LogP contribution in [0, 0.1) is 6.92 Å². The molecule has 2 aromatic rings. The molecule has 0 saturated heterocycles. The molecule has 5 nitrogen and oxygen atoms in total. The van der Waals surface area contributed by atoms with Crippen molar-refractivity contribution in [3.05, 3.63) is 41.0 Å². The summed E-state index contributed by atoms with van der Waals surface area (Å²) in [5.74, 6) is -1.99. The second-order valence-corrected chi connectivity index (χ2v) is 5.58. The highest BCUT2D eigenvalue weighted by atomic mass is 16.3. The van der Waals surface area contributed by atoms with Gasteiger partial charge in [0.15, 0.2) is 23.0 Å². The monoisotopic (exact) mass is 290 g/mol. The molecular weight excluding hydrogens is 272 g/mol. The highest BCUT2D eigenvalue weighted by molar-refractivity contribution is 5.61. The van der Waals surface area contributed by atoms with Gasteiger partial charge in [-0.3, -0.25) is 0 Å². The van der Waals surface area contributed by atoms with E-state index in [-0.39, 0.29) is 11.5 Å². The third kappa shape index (κ3) is 2.20. The Morgan fingerprint density at radius 3 is 1.71 bits per heavy atom. The van der Waals surface area contributed by atoms with E-state index in [0.29, 0.717) is 16.7 Å². The molecule has 0 unspecified atom stereocenters. The van der Waals surface area contributed by atoms with Crippen LogP contribution in [-0.4, -0.2) is 25.5 Å². The third-order valence-electron chi connectivity index (χ3n) is 3.83. The molecule has 0 saturated carbocycles. The van der Waals surface area contributed by atoms with Crippen molar-refractivity contribution in [2.45, 2.75) is 26.2 Å². The summed E-state index contributed by atoms with van der Waals surface area (Å²) in [4.78, 5) is 0. The molecule has 0 heterocycles. The average molecular weight is 290 g/mol. The molecule has 0 aromatic heterocycles. The normalized spacial score (nSPS) is 11.6. The first kappa shape index (κ1) is 14.8. The summed E-state index contributed by atoms with van der Waals surface area (Å²) >= 11 is 0. The molecule has 5 N–H and O–H groups in total. The first-order valence-electron chi connectivity index (χ1n) is 6.44. The zero-order valence-electron chi connectivity index (χ0n) is 12.0. The molecule has 0 fully saturated rings.